The summed E-state index contributed by atoms with van der Waals surface area (Å²) in [6, 6.07) is 10.2. The summed E-state index contributed by atoms with van der Waals surface area (Å²) in [6.07, 6.45) is -18.7. The highest BCUT2D eigenvalue weighted by molar-refractivity contribution is 6.02. The van der Waals surface area contributed by atoms with Crippen LogP contribution in [-0.4, -0.2) is 88.4 Å². The topological polar surface area (TPSA) is 94.9 Å². The van der Waals surface area contributed by atoms with Crippen LogP contribution in [0.15, 0.2) is 59.4 Å². The van der Waals surface area contributed by atoms with Crippen molar-refractivity contribution < 1.29 is 63.0 Å². The standard InChI is InChI=1S/C39H37F11N4O4/c1-52-29-9-8-22(20-53-16-12-36(40,41)13-17-53)18-27(29)31(38(45,46)47)30(32(52)55)26-7-3-5-24-23(4-2-6-25(24)26)19-28(33(56)57)51-34(58)35(39(48,49)50)10-14-54(15-11-35)21-37(42,43)44/h2-9,18,28H,10-17,19-21H2,1H3,(H,51,58)(H,56,57)/t28-/m0/s1. The fourth-order valence-corrected chi connectivity index (χ4v) is 8.01. The Morgan fingerprint density at radius 1 is 0.810 bits per heavy atom. The maximum Gasteiger partial charge on any atom is 0.417 e. The van der Waals surface area contributed by atoms with Crippen molar-refractivity contribution >= 4 is 33.6 Å². The number of carboxylic acid groups (broad SMARTS) is 1. The molecule has 2 aliphatic rings. The van der Waals surface area contributed by atoms with E-state index in [-0.39, 0.29) is 52.4 Å². The number of carboxylic acids is 1. The van der Waals surface area contributed by atoms with E-state index in [0.717, 1.165) is 4.57 Å². The molecule has 2 fully saturated rings. The van der Waals surface area contributed by atoms with E-state index in [9.17, 15) is 54.6 Å². The van der Waals surface area contributed by atoms with Crippen LogP contribution >= 0.6 is 0 Å². The molecular weight excluding hydrogens is 797 g/mol. The molecule has 0 saturated carbocycles. The number of rotatable bonds is 9. The summed E-state index contributed by atoms with van der Waals surface area (Å²) in [5.41, 5.74) is -6.03. The third-order valence-electron chi connectivity index (χ3n) is 11.1. The summed E-state index contributed by atoms with van der Waals surface area (Å²) in [6.45, 7) is -2.87. The number of halogens is 11. The van der Waals surface area contributed by atoms with Crippen LogP contribution < -0.4 is 10.9 Å². The Kier molecular flexibility index (Phi) is 11.4. The molecule has 0 radical (unpaired) electrons. The maximum absolute atomic E-state index is 15.2. The van der Waals surface area contributed by atoms with Crippen LogP contribution in [0.4, 0.5) is 48.3 Å². The van der Waals surface area contributed by atoms with Crippen LogP contribution in [0.1, 0.15) is 42.4 Å². The zero-order valence-corrected chi connectivity index (χ0v) is 30.7. The molecule has 3 aromatic carbocycles. The largest absolute Gasteiger partial charge is 0.480 e. The first kappa shape index (κ1) is 42.8. The summed E-state index contributed by atoms with van der Waals surface area (Å²) < 4.78 is 156. The number of nitrogens with zero attached hydrogens (tertiary/aromatic N) is 3. The number of hydrogen-bond donors (Lipinski definition) is 2. The van der Waals surface area contributed by atoms with Crippen LogP contribution in [0, 0.1) is 5.41 Å². The van der Waals surface area contributed by atoms with Crippen molar-refractivity contribution in [3.63, 3.8) is 0 Å². The number of aliphatic carboxylic acids is 1. The van der Waals surface area contributed by atoms with Crippen LogP contribution in [-0.2, 0) is 35.8 Å². The molecule has 58 heavy (non-hydrogen) atoms. The Bertz CT molecular complexity index is 2270. The number of piperidine rings is 2. The number of alkyl halides is 11. The molecule has 1 atom stereocenters. The molecule has 8 nitrogen and oxygen atoms in total. The minimum absolute atomic E-state index is 0.0216. The number of hydrogen-bond acceptors (Lipinski definition) is 5. The van der Waals surface area contributed by atoms with Crippen molar-refractivity contribution in [2.45, 2.75) is 69.1 Å². The van der Waals surface area contributed by atoms with Crippen molar-refractivity contribution in [2.24, 2.45) is 12.5 Å². The number of likely N-dealkylation sites (tertiary alicyclic amines) is 2. The summed E-state index contributed by atoms with van der Waals surface area (Å²) in [5.74, 6) is -6.34. The quantitative estimate of drug-likeness (QED) is 0.167. The van der Waals surface area contributed by atoms with Gasteiger partial charge in [-0.15, -0.1) is 0 Å². The molecule has 314 valence electrons. The number of carbonyl (C=O) groups excluding carboxylic acids is 1. The van der Waals surface area contributed by atoms with Gasteiger partial charge in [0.15, 0.2) is 0 Å². The van der Waals surface area contributed by atoms with Gasteiger partial charge in [0.1, 0.15) is 11.5 Å². The third kappa shape index (κ3) is 8.65. The predicted octanol–water partition coefficient (Wildman–Crippen LogP) is 7.93. The lowest BCUT2D eigenvalue weighted by atomic mass is 9.76. The van der Waals surface area contributed by atoms with Gasteiger partial charge in [-0.25, -0.2) is 13.6 Å². The molecule has 1 aromatic heterocycles. The Morgan fingerprint density at radius 3 is 2.00 bits per heavy atom. The minimum Gasteiger partial charge on any atom is -0.480 e. The molecule has 1 amide bonds. The fraction of sp³-hybridized carbons (Fsp3) is 0.462. The van der Waals surface area contributed by atoms with Gasteiger partial charge in [-0.2, -0.15) is 39.5 Å². The number of fused-ring (bicyclic) bond motifs is 2. The molecule has 0 unspecified atom stereocenters. The van der Waals surface area contributed by atoms with E-state index in [2.05, 4.69) is 0 Å². The van der Waals surface area contributed by atoms with Crippen LogP contribution in [0.3, 0.4) is 0 Å². The molecule has 0 bridgehead atoms. The zero-order valence-electron chi connectivity index (χ0n) is 30.7. The van der Waals surface area contributed by atoms with Crippen LogP contribution in [0.2, 0.25) is 0 Å². The first-order valence-electron chi connectivity index (χ1n) is 18.1. The van der Waals surface area contributed by atoms with Gasteiger partial charge in [0.2, 0.25) is 5.91 Å². The number of nitrogens with one attached hydrogen (secondary N) is 1. The average Bonchev–Trinajstić information content (AvgIpc) is 3.12. The number of amides is 1. The van der Waals surface area contributed by atoms with Crippen molar-refractivity contribution in [1.82, 2.24) is 19.7 Å². The van der Waals surface area contributed by atoms with Gasteiger partial charge >= 0.3 is 24.5 Å². The Balaban J connectivity index is 1.37. The maximum atomic E-state index is 15.2. The summed E-state index contributed by atoms with van der Waals surface area (Å²) in [5, 5.41) is 11.8. The van der Waals surface area contributed by atoms with Gasteiger partial charge < -0.3 is 15.0 Å². The molecular formula is C39H37F11N4O4. The minimum atomic E-state index is -5.26. The normalized spacial score (nSPS) is 18.7. The van der Waals surface area contributed by atoms with E-state index < -0.39 is 116 Å². The van der Waals surface area contributed by atoms with Crippen molar-refractivity contribution in [3.8, 4) is 11.1 Å². The lowest BCUT2D eigenvalue weighted by molar-refractivity contribution is -0.236. The highest BCUT2D eigenvalue weighted by Gasteiger charge is 2.61. The molecule has 0 aliphatic carbocycles. The Morgan fingerprint density at radius 2 is 1.41 bits per heavy atom. The number of carbonyl (C=O) groups is 2. The number of benzene rings is 3. The smallest absolute Gasteiger partial charge is 0.417 e. The number of aryl methyl sites for hydroxylation is 1. The first-order chi connectivity index (χ1) is 26.9. The molecule has 2 aliphatic heterocycles. The van der Waals surface area contributed by atoms with Gasteiger partial charge in [-0.3, -0.25) is 19.4 Å². The van der Waals surface area contributed by atoms with Crippen molar-refractivity contribution in [2.75, 3.05) is 32.7 Å². The SMILES string of the molecule is Cn1c(=O)c(-c2cccc3c(C[C@H](NC(=O)C4(C(F)(F)F)CCN(CC(F)(F)F)CC4)C(=O)O)cccc23)c(C(F)(F)F)c2cc(CN3CCC(F)(F)CC3)ccc21. The van der Waals surface area contributed by atoms with Gasteiger partial charge in [-0.05, 0) is 65.5 Å². The van der Waals surface area contributed by atoms with E-state index in [1.165, 1.54) is 61.6 Å². The van der Waals surface area contributed by atoms with Crippen LogP contribution in [0.25, 0.3) is 32.8 Å². The Hall–Kier alpha value is -4.78. The van der Waals surface area contributed by atoms with Gasteiger partial charge in [0, 0.05) is 51.3 Å². The van der Waals surface area contributed by atoms with E-state index in [0.29, 0.717) is 10.5 Å². The average molecular weight is 835 g/mol. The lowest BCUT2D eigenvalue weighted by Gasteiger charge is -2.42. The van der Waals surface area contributed by atoms with Gasteiger partial charge in [0.05, 0.1) is 23.2 Å². The van der Waals surface area contributed by atoms with E-state index in [1.54, 1.807) is 4.90 Å². The second-order valence-corrected chi connectivity index (χ2v) is 15.0. The molecule has 6 rings (SSSR count). The highest BCUT2D eigenvalue weighted by atomic mass is 19.4. The number of pyridine rings is 1. The highest BCUT2D eigenvalue weighted by Crippen LogP contribution is 2.47. The second-order valence-electron chi connectivity index (χ2n) is 15.0. The van der Waals surface area contributed by atoms with E-state index >= 15 is 13.2 Å². The molecule has 0 spiro atoms. The van der Waals surface area contributed by atoms with E-state index in [4.69, 9.17) is 0 Å². The predicted molar refractivity (Wildman–Crippen MR) is 190 cm³/mol. The Labute approximate surface area is 323 Å². The summed E-state index contributed by atoms with van der Waals surface area (Å²) in [4.78, 5) is 42.0. The van der Waals surface area contributed by atoms with E-state index in [1.807, 2.05) is 5.32 Å². The molecule has 2 saturated heterocycles. The third-order valence-corrected chi connectivity index (χ3v) is 11.1. The second kappa shape index (κ2) is 15.4. The fourth-order valence-electron chi connectivity index (χ4n) is 8.01. The van der Waals surface area contributed by atoms with Gasteiger partial charge in [-0.1, -0.05) is 42.5 Å². The van der Waals surface area contributed by atoms with Crippen LogP contribution in [0.5, 0.6) is 0 Å². The molecule has 3 heterocycles. The molecule has 4 aromatic rings. The van der Waals surface area contributed by atoms with Crippen molar-refractivity contribution in [1.29, 1.82) is 0 Å². The molecule has 19 heteroatoms. The summed E-state index contributed by atoms with van der Waals surface area (Å²) in [7, 11) is 1.28. The lowest BCUT2D eigenvalue weighted by Crippen LogP contribution is -2.59. The monoisotopic (exact) mass is 834 g/mol. The zero-order chi connectivity index (χ0) is 42.6. The number of aromatic nitrogens is 1. The summed E-state index contributed by atoms with van der Waals surface area (Å²) >= 11 is 0. The first-order valence-corrected chi connectivity index (χ1v) is 18.1. The van der Waals surface area contributed by atoms with Crippen molar-refractivity contribution in [3.05, 3.63) is 81.6 Å². The van der Waals surface area contributed by atoms with Gasteiger partial charge in [0.25, 0.3) is 11.5 Å². The molecule has 2 N–H and O–H groups in total.